The summed E-state index contributed by atoms with van der Waals surface area (Å²) in [5.41, 5.74) is 4.06. The van der Waals surface area contributed by atoms with Crippen LogP contribution in [0.5, 0.6) is 0 Å². The van der Waals surface area contributed by atoms with E-state index < -0.39 is 12.3 Å². The number of H-pyrrole nitrogens is 1. The second kappa shape index (κ2) is 7.43. The first-order chi connectivity index (χ1) is 16.1. The number of aromatic amines is 1. The zero-order valence-electron chi connectivity index (χ0n) is 18.1. The number of ether oxygens (including phenoxy) is 1. The Morgan fingerprint density at radius 2 is 1.91 bits per heavy atom. The number of fused-ring (bicyclic) bond motifs is 7. The number of para-hydroxylation sites is 2. The first-order valence-electron chi connectivity index (χ1n) is 11.1. The summed E-state index contributed by atoms with van der Waals surface area (Å²) in [6.07, 6.45) is 0.963. The van der Waals surface area contributed by atoms with E-state index in [1.165, 1.54) is 0 Å². The number of hydrogen-bond donors (Lipinski definition) is 3. The predicted molar refractivity (Wildman–Crippen MR) is 128 cm³/mol. The van der Waals surface area contributed by atoms with Crippen molar-refractivity contribution in [3.63, 3.8) is 0 Å². The van der Waals surface area contributed by atoms with Crippen LogP contribution in [0.2, 0.25) is 0 Å². The minimum Gasteiger partial charge on any atom is -0.393 e. The Morgan fingerprint density at radius 1 is 1.15 bits per heavy atom. The van der Waals surface area contributed by atoms with Crippen molar-refractivity contribution in [1.82, 2.24) is 14.9 Å². The fraction of sp³-hybridized carbons (Fsp3) is 0.231. The van der Waals surface area contributed by atoms with Crippen LogP contribution in [-0.4, -0.2) is 46.6 Å². The molecule has 6 rings (SSSR count). The van der Waals surface area contributed by atoms with Gasteiger partial charge in [-0.3, -0.25) is 9.59 Å². The Morgan fingerprint density at radius 3 is 2.67 bits per heavy atom. The molecule has 7 heteroatoms. The van der Waals surface area contributed by atoms with Gasteiger partial charge in [-0.05, 0) is 18.6 Å². The maximum Gasteiger partial charge on any atom is 0.252 e. The van der Waals surface area contributed by atoms with Gasteiger partial charge in [0.25, 0.3) is 5.91 Å². The molecule has 2 unspecified atom stereocenters. The van der Waals surface area contributed by atoms with Crippen LogP contribution in [0.4, 0.5) is 0 Å². The zero-order chi connectivity index (χ0) is 22.7. The van der Waals surface area contributed by atoms with E-state index in [1.54, 1.807) is 7.05 Å². The number of rotatable bonds is 3. The maximum absolute atomic E-state index is 13.1. The molecule has 33 heavy (non-hydrogen) atoms. The second-order valence-corrected chi connectivity index (χ2v) is 8.52. The Balaban J connectivity index is 1.90. The lowest BCUT2D eigenvalue weighted by Gasteiger charge is -2.29. The lowest BCUT2D eigenvalue weighted by atomic mass is 9.95. The molecule has 3 heterocycles. The molecule has 1 aliphatic heterocycles. The third-order valence-electron chi connectivity index (χ3n) is 6.74. The monoisotopic (exact) mass is 441 g/mol. The van der Waals surface area contributed by atoms with Gasteiger partial charge in [0.15, 0.2) is 6.29 Å². The molecule has 1 saturated heterocycles. The molecule has 0 aliphatic carbocycles. The van der Waals surface area contributed by atoms with Gasteiger partial charge in [-0.25, -0.2) is 0 Å². The Labute approximate surface area is 188 Å². The zero-order valence-corrected chi connectivity index (χ0v) is 18.1. The predicted octanol–water partition coefficient (Wildman–Crippen LogP) is 4.27. The van der Waals surface area contributed by atoms with Crippen molar-refractivity contribution in [3.8, 4) is 0 Å². The smallest absolute Gasteiger partial charge is 0.252 e. The topological polar surface area (TPSA) is 96.3 Å². The quantitative estimate of drug-likeness (QED) is 0.364. The van der Waals surface area contributed by atoms with E-state index in [4.69, 9.17) is 4.74 Å². The largest absolute Gasteiger partial charge is 0.393 e. The van der Waals surface area contributed by atoms with E-state index in [0.29, 0.717) is 41.3 Å². The van der Waals surface area contributed by atoms with Gasteiger partial charge in [-0.2, -0.15) is 0 Å². The van der Waals surface area contributed by atoms with E-state index in [-0.39, 0.29) is 5.91 Å². The van der Waals surface area contributed by atoms with Crippen molar-refractivity contribution in [1.29, 1.82) is 0 Å². The van der Waals surface area contributed by atoms with Crippen LogP contribution in [0.1, 0.15) is 39.8 Å². The van der Waals surface area contributed by atoms with Gasteiger partial charge < -0.3 is 24.7 Å². The van der Waals surface area contributed by atoms with Crippen molar-refractivity contribution in [2.24, 2.45) is 0 Å². The highest BCUT2D eigenvalue weighted by Gasteiger charge is 2.31. The van der Waals surface area contributed by atoms with Crippen LogP contribution >= 0.6 is 0 Å². The van der Waals surface area contributed by atoms with Gasteiger partial charge in [0, 0.05) is 46.1 Å². The van der Waals surface area contributed by atoms with Crippen molar-refractivity contribution in [3.05, 3.63) is 59.7 Å². The van der Waals surface area contributed by atoms with Crippen LogP contribution in [0.25, 0.3) is 43.6 Å². The molecule has 3 aromatic carbocycles. The third kappa shape index (κ3) is 2.76. The first-order valence-corrected chi connectivity index (χ1v) is 11.1. The van der Waals surface area contributed by atoms with Crippen LogP contribution in [0.3, 0.4) is 0 Å². The molecule has 0 bridgehead atoms. The molecule has 1 fully saturated rings. The molecular formula is C26H23N3O4. The molecule has 166 valence electrons. The molecule has 2 atom stereocenters. The van der Waals surface area contributed by atoms with Crippen molar-refractivity contribution in [2.75, 3.05) is 13.7 Å². The second-order valence-electron chi connectivity index (χ2n) is 8.52. The molecule has 1 aliphatic rings. The number of aromatic nitrogens is 2. The van der Waals surface area contributed by atoms with E-state index in [1.807, 2.05) is 48.5 Å². The van der Waals surface area contributed by atoms with Gasteiger partial charge in [-0.15, -0.1) is 0 Å². The van der Waals surface area contributed by atoms with Crippen LogP contribution in [-0.2, 0) is 4.74 Å². The van der Waals surface area contributed by atoms with Gasteiger partial charge in [0.1, 0.15) is 6.23 Å². The van der Waals surface area contributed by atoms with Gasteiger partial charge in [-0.1, -0.05) is 36.4 Å². The summed E-state index contributed by atoms with van der Waals surface area (Å²) in [6, 6.07) is 15.6. The summed E-state index contributed by atoms with van der Waals surface area (Å²) in [7, 11) is 1.57. The van der Waals surface area contributed by atoms with E-state index in [9.17, 15) is 14.7 Å². The molecule has 0 saturated carbocycles. The lowest BCUT2D eigenvalue weighted by molar-refractivity contribution is -0.0760. The number of aliphatic hydroxyl groups is 1. The highest BCUT2D eigenvalue weighted by atomic mass is 16.5. The van der Waals surface area contributed by atoms with Gasteiger partial charge >= 0.3 is 0 Å². The van der Waals surface area contributed by atoms with Gasteiger partial charge in [0.2, 0.25) is 0 Å². The number of nitrogens with one attached hydrogen (secondary N) is 2. The highest BCUT2D eigenvalue weighted by molar-refractivity contribution is 6.32. The Bertz CT molecular complexity index is 1580. The number of aliphatic hydroxyl groups excluding tert-OH is 1. The normalized spacial score (nSPS) is 19.0. The fourth-order valence-electron chi connectivity index (χ4n) is 5.34. The standard InChI is InChI=1S/C26H23N3O4/c1-27-26(32)23-17(13-30)21-16-7-3-5-9-19(16)29(20-12-14(31)10-11-33-20)25(21)24-22(23)15-6-2-4-8-18(15)28-24/h2-9,13-14,20,28,31H,10-12H2,1H3,(H,27,32). The summed E-state index contributed by atoms with van der Waals surface area (Å²) in [5, 5.41) is 16.3. The minimum atomic E-state index is -0.464. The molecule has 3 N–H and O–H groups in total. The number of aldehydes is 1. The van der Waals surface area contributed by atoms with Crippen molar-refractivity contribution in [2.45, 2.75) is 25.2 Å². The van der Waals surface area contributed by atoms with Crippen LogP contribution < -0.4 is 5.32 Å². The summed E-state index contributed by atoms with van der Waals surface area (Å²) in [6.45, 7) is 0.451. The SMILES string of the molecule is CNC(=O)c1c(C=O)c2c3ccccc3n(C3CC(O)CCO3)c2c2[nH]c3ccccc3c12. The number of carbonyl (C=O) groups is 2. The minimum absolute atomic E-state index is 0.310. The Kier molecular flexibility index (Phi) is 4.50. The highest BCUT2D eigenvalue weighted by Crippen LogP contribution is 2.43. The summed E-state index contributed by atoms with van der Waals surface area (Å²) in [4.78, 5) is 29.2. The fourth-order valence-corrected chi connectivity index (χ4v) is 5.34. The molecule has 7 nitrogen and oxygen atoms in total. The number of carbonyl (C=O) groups excluding carboxylic acids is 2. The molecule has 5 aromatic rings. The summed E-state index contributed by atoms with van der Waals surface area (Å²) in [5.74, 6) is -0.310. The number of benzene rings is 3. The molecule has 1 amide bonds. The molecule has 2 aromatic heterocycles. The van der Waals surface area contributed by atoms with E-state index in [0.717, 1.165) is 39.1 Å². The first kappa shape index (κ1) is 20.0. The average molecular weight is 441 g/mol. The average Bonchev–Trinajstić information content (AvgIpc) is 3.39. The number of nitrogens with zero attached hydrogens (tertiary/aromatic N) is 1. The van der Waals surface area contributed by atoms with E-state index >= 15 is 0 Å². The van der Waals surface area contributed by atoms with Gasteiger partial charge in [0.05, 0.1) is 34.8 Å². The molecular weight excluding hydrogens is 418 g/mol. The van der Waals surface area contributed by atoms with Crippen molar-refractivity contribution >= 4 is 55.8 Å². The molecule has 0 spiro atoms. The maximum atomic E-state index is 13.1. The number of hydrogen-bond acceptors (Lipinski definition) is 4. The number of amides is 1. The van der Waals surface area contributed by atoms with Crippen LogP contribution in [0.15, 0.2) is 48.5 Å². The lowest BCUT2D eigenvalue weighted by Crippen LogP contribution is -2.27. The van der Waals surface area contributed by atoms with Crippen molar-refractivity contribution < 1.29 is 19.4 Å². The summed E-state index contributed by atoms with van der Waals surface area (Å²) >= 11 is 0. The van der Waals surface area contributed by atoms with Crippen LogP contribution in [0, 0.1) is 0 Å². The molecule has 0 radical (unpaired) electrons. The Hall–Kier alpha value is -3.68. The third-order valence-corrected chi connectivity index (χ3v) is 6.74. The van der Waals surface area contributed by atoms with E-state index in [2.05, 4.69) is 14.9 Å². The summed E-state index contributed by atoms with van der Waals surface area (Å²) < 4.78 is 8.20.